The molecule has 1 heterocycles. The fourth-order valence-electron chi connectivity index (χ4n) is 2.96. The van der Waals surface area contributed by atoms with Crippen LogP contribution in [0, 0.1) is 5.92 Å². The van der Waals surface area contributed by atoms with Crippen molar-refractivity contribution in [2.45, 2.75) is 33.0 Å². The van der Waals surface area contributed by atoms with Crippen LogP contribution in [0.1, 0.15) is 25.0 Å². The van der Waals surface area contributed by atoms with Crippen molar-refractivity contribution in [3.05, 3.63) is 35.5 Å². The number of likely N-dealkylation sites (N-methyl/N-ethyl adjacent to an activating group) is 1. The van der Waals surface area contributed by atoms with Crippen LogP contribution in [0.5, 0.6) is 0 Å². The number of fused-ring (bicyclic) bond motifs is 1. The third-order valence-electron chi connectivity index (χ3n) is 4.41. The van der Waals surface area contributed by atoms with Crippen LogP contribution >= 0.6 is 0 Å². The van der Waals surface area contributed by atoms with Crippen LogP contribution in [-0.4, -0.2) is 49.3 Å². The number of rotatable bonds is 7. The second-order valence-corrected chi connectivity index (χ2v) is 9.54. The number of halogens is 3. The molecule has 152 valence electrons. The Hall–Kier alpha value is -1.58. The van der Waals surface area contributed by atoms with Gasteiger partial charge in [0, 0.05) is 51.3 Å². The molecular weight excluding hydrogens is 379 g/mol. The fourth-order valence-corrected chi connectivity index (χ4v) is 3.84. The Bertz CT molecular complexity index is 902. The van der Waals surface area contributed by atoms with Gasteiger partial charge in [0.1, 0.15) is 0 Å². The Kier molecular flexibility index (Phi) is 6.28. The smallest absolute Gasteiger partial charge is 0.347 e. The molecule has 1 aromatic carbocycles. The van der Waals surface area contributed by atoms with Crippen molar-refractivity contribution in [3.8, 4) is 0 Å². The molecule has 0 fully saturated rings. The third kappa shape index (κ3) is 4.83. The summed E-state index contributed by atoms with van der Waals surface area (Å²) in [5.74, 6) is 0.264. The highest BCUT2D eigenvalue weighted by atomic mass is 32.2. The molecular formula is C18H26F3N3O2S. The molecule has 2 aromatic rings. The number of hydrogen-bond acceptors (Lipinski definition) is 2. The summed E-state index contributed by atoms with van der Waals surface area (Å²) in [6, 6.07) is 3.72. The quantitative estimate of drug-likeness (QED) is 0.707. The second-order valence-electron chi connectivity index (χ2n) is 7.29. The topological polar surface area (TPSA) is 45.6 Å². The van der Waals surface area contributed by atoms with E-state index < -0.39 is 21.9 Å². The maximum atomic E-state index is 13.1. The summed E-state index contributed by atoms with van der Waals surface area (Å²) in [7, 11) is 0.878. The van der Waals surface area contributed by atoms with Gasteiger partial charge in [-0.1, -0.05) is 19.9 Å². The Balaban J connectivity index is 2.39. The minimum absolute atomic E-state index is 0.238. The Morgan fingerprint density at radius 2 is 1.78 bits per heavy atom. The highest BCUT2D eigenvalue weighted by molar-refractivity contribution is 7.86. The normalized spacial score (nSPS) is 13.4. The first-order valence-corrected chi connectivity index (χ1v) is 10.1. The van der Waals surface area contributed by atoms with Crippen molar-refractivity contribution in [3.63, 3.8) is 0 Å². The van der Waals surface area contributed by atoms with Gasteiger partial charge in [0.2, 0.25) is 0 Å². The van der Waals surface area contributed by atoms with E-state index in [4.69, 9.17) is 0 Å². The van der Waals surface area contributed by atoms with Crippen molar-refractivity contribution in [2.75, 3.05) is 27.7 Å². The molecule has 0 aliphatic rings. The minimum Gasteiger partial charge on any atom is -0.347 e. The van der Waals surface area contributed by atoms with Crippen LogP contribution < -0.4 is 0 Å². The van der Waals surface area contributed by atoms with Crippen molar-refractivity contribution >= 4 is 21.1 Å². The molecule has 2 rings (SSSR count). The molecule has 0 spiro atoms. The van der Waals surface area contributed by atoms with E-state index in [0.29, 0.717) is 18.5 Å². The van der Waals surface area contributed by atoms with Crippen LogP contribution in [0.4, 0.5) is 13.2 Å². The summed E-state index contributed by atoms with van der Waals surface area (Å²) in [6.45, 7) is 4.82. The number of benzene rings is 1. The van der Waals surface area contributed by atoms with E-state index in [9.17, 15) is 21.6 Å². The summed E-state index contributed by atoms with van der Waals surface area (Å²) >= 11 is 0. The zero-order chi connectivity index (χ0) is 20.6. The van der Waals surface area contributed by atoms with Gasteiger partial charge in [0.25, 0.3) is 10.2 Å². The van der Waals surface area contributed by atoms with Crippen LogP contribution in [0.3, 0.4) is 0 Å². The molecule has 0 saturated heterocycles. The lowest BCUT2D eigenvalue weighted by molar-refractivity contribution is -0.137. The molecule has 27 heavy (non-hydrogen) atoms. The Morgan fingerprint density at radius 1 is 1.15 bits per heavy atom. The van der Waals surface area contributed by atoms with Gasteiger partial charge in [0.05, 0.1) is 5.56 Å². The van der Waals surface area contributed by atoms with E-state index in [1.165, 1.54) is 37.6 Å². The van der Waals surface area contributed by atoms with Crippen LogP contribution in [0.15, 0.2) is 24.4 Å². The largest absolute Gasteiger partial charge is 0.416 e. The molecule has 0 aliphatic heterocycles. The predicted molar refractivity (Wildman–Crippen MR) is 101 cm³/mol. The van der Waals surface area contributed by atoms with Gasteiger partial charge in [-0.2, -0.15) is 30.2 Å². The summed E-state index contributed by atoms with van der Waals surface area (Å²) in [4.78, 5) is 0. The molecule has 0 saturated carbocycles. The fraction of sp³-hybridized carbons (Fsp3) is 0.556. The SMILES string of the molecule is CC(C)Cn1cc(CCN(C)S(=O)(=O)N(C)C)c2ccc(C(F)(F)F)cc21. The first-order chi connectivity index (χ1) is 12.3. The highest BCUT2D eigenvalue weighted by Gasteiger charge is 2.31. The van der Waals surface area contributed by atoms with Gasteiger partial charge in [-0.3, -0.25) is 0 Å². The Morgan fingerprint density at radius 3 is 2.30 bits per heavy atom. The molecule has 5 nitrogen and oxygen atoms in total. The monoisotopic (exact) mass is 405 g/mol. The lowest BCUT2D eigenvalue weighted by Crippen LogP contribution is -2.38. The standard InChI is InChI=1S/C18H26F3N3O2S/c1-13(2)11-24-12-14(8-9-23(5)27(25,26)22(3)4)16-7-6-15(10-17(16)24)18(19,20)21/h6-7,10,12-13H,8-9,11H2,1-5H3. The van der Waals surface area contributed by atoms with E-state index >= 15 is 0 Å². The highest BCUT2D eigenvalue weighted by Crippen LogP contribution is 2.33. The van der Waals surface area contributed by atoms with Crippen LogP contribution in [0.25, 0.3) is 10.9 Å². The molecule has 0 amide bonds. The number of alkyl halides is 3. The third-order valence-corrected chi connectivity index (χ3v) is 6.30. The zero-order valence-electron chi connectivity index (χ0n) is 16.2. The molecule has 1 aromatic heterocycles. The van der Waals surface area contributed by atoms with Gasteiger partial charge in [-0.25, -0.2) is 0 Å². The number of hydrogen-bond donors (Lipinski definition) is 0. The van der Waals surface area contributed by atoms with Gasteiger partial charge in [0.15, 0.2) is 0 Å². The summed E-state index contributed by atoms with van der Waals surface area (Å²) in [5, 5.41) is 0.722. The van der Waals surface area contributed by atoms with Gasteiger partial charge < -0.3 is 4.57 Å². The molecule has 0 N–H and O–H groups in total. The van der Waals surface area contributed by atoms with E-state index in [2.05, 4.69) is 0 Å². The molecule has 0 bridgehead atoms. The lowest BCUT2D eigenvalue weighted by atomic mass is 10.1. The molecule has 0 unspecified atom stereocenters. The van der Waals surface area contributed by atoms with E-state index in [1.54, 1.807) is 0 Å². The van der Waals surface area contributed by atoms with Crippen LogP contribution in [0.2, 0.25) is 0 Å². The summed E-state index contributed by atoms with van der Waals surface area (Å²) < 4.78 is 67.7. The van der Waals surface area contributed by atoms with Crippen molar-refractivity contribution < 1.29 is 21.6 Å². The van der Waals surface area contributed by atoms with Crippen molar-refractivity contribution in [1.29, 1.82) is 0 Å². The predicted octanol–water partition coefficient (Wildman–Crippen LogP) is 3.60. The lowest BCUT2D eigenvalue weighted by Gasteiger charge is -2.21. The molecule has 0 atom stereocenters. The van der Waals surface area contributed by atoms with Gasteiger partial charge in [-0.15, -0.1) is 0 Å². The van der Waals surface area contributed by atoms with Gasteiger partial charge in [-0.05, 0) is 30.0 Å². The van der Waals surface area contributed by atoms with Crippen LogP contribution in [-0.2, 0) is 29.4 Å². The van der Waals surface area contributed by atoms with Crippen molar-refractivity contribution in [1.82, 2.24) is 13.2 Å². The number of aromatic nitrogens is 1. The first-order valence-electron chi connectivity index (χ1n) is 8.66. The molecule has 0 aliphatic carbocycles. The molecule has 9 heteroatoms. The Labute approximate surface area is 158 Å². The second kappa shape index (κ2) is 7.81. The van der Waals surface area contributed by atoms with E-state index in [0.717, 1.165) is 21.3 Å². The average Bonchev–Trinajstić information content (AvgIpc) is 2.88. The van der Waals surface area contributed by atoms with E-state index in [-0.39, 0.29) is 12.5 Å². The average molecular weight is 405 g/mol. The zero-order valence-corrected chi connectivity index (χ0v) is 17.0. The summed E-state index contributed by atoms with van der Waals surface area (Å²) in [6.07, 6.45) is -2.15. The first kappa shape index (κ1) is 21.7. The van der Waals surface area contributed by atoms with E-state index in [1.807, 2.05) is 24.6 Å². The summed E-state index contributed by atoms with van der Waals surface area (Å²) in [5.41, 5.74) is 0.670. The number of nitrogens with zero attached hydrogens (tertiary/aromatic N) is 3. The minimum atomic E-state index is -4.40. The maximum absolute atomic E-state index is 13.1. The van der Waals surface area contributed by atoms with Crippen molar-refractivity contribution in [2.24, 2.45) is 5.92 Å². The molecule has 0 radical (unpaired) electrons. The maximum Gasteiger partial charge on any atom is 0.416 e. The van der Waals surface area contributed by atoms with Gasteiger partial charge >= 0.3 is 6.18 Å².